The smallest absolute Gasteiger partial charge is 0.175 e. The Labute approximate surface area is 125 Å². The summed E-state index contributed by atoms with van der Waals surface area (Å²) in [5, 5.41) is 15.7. The molecular formula is C15H23N5O. The van der Waals surface area contributed by atoms with E-state index in [4.69, 9.17) is 4.74 Å². The van der Waals surface area contributed by atoms with Gasteiger partial charge in [0.25, 0.3) is 0 Å². The highest BCUT2D eigenvalue weighted by Gasteiger charge is 2.14. The highest BCUT2D eigenvalue weighted by molar-refractivity contribution is 5.27. The number of benzene rings is 1. The first-order valence-electron chi connectivity index (χ1n) is 7.27. The Morgan fingerprint density at radius 1 is 1.24 bits per heavy atom. The zero-order chi connectivity index (χ0) is 15.1. The van der Waals surface area contributed by atoms with Gasteiger partial charge in [0.15, 0.2) is 5.82 Å². The molecule has 0 fully saturated rings. The van der Waals surface area contributed by atoms with Crippen molar-refractivity contribution in [2.24, 2.45) is 13.0 Å². The Morgan fingerprint density at radius 3 is 2.57 bits per heavy atom. The van der Waals surface area contributed by atoms with Crippen LogP contribution in [0.25, 0.3) is 0 Å². The quantitative estimate of drug-likeness (QED) is 0.792. The summed E-state index contributed by atoms with van der Waals surface area (Å²) in [6, 6.07) is 8.23. The van der Waals surface area contributed by atoms with Gasteiger partial charge in [-0.3, -0.25) is 0 Å². The number of methoxy groups -OCH3 is 1. The van der Waals surface area contributed by atoms with Gasteiger partial charge in [0.2, 0.25) is 0 Å². The Morgan fingerprint density at radius 2 is 2.00 bits per heavy atom. The minimum Gasteiger partial charge on any atom is -0.497 e. The molecule has 1 aromatic heterocycles. The van der Waals surface area contributed by atoms with Crippen LogP contribution in [0, 0.1) is 5.92 Å². The van der Waals surface area contributed by atoms with Crippen LogP contribution in [0.15, 0.2) is 24.3 Å². The number of nitrogens with zero attached hydrogens (tertiary/aromatic N) is 4. The summed E-state index contributed by atoms with van der Waals surface area (Å²) in [5.74, 6) is 2.13. The van der Waals surface area contributed by atoms with Crippen molar-refractivity contribution in [3.8, 4) is 5.75 Å². The number of hydrogen-bond acceptors (Lipinski definition) is 5. The fourth-order valence-corrected chi connectivity index (χ4v) is 2.32. The van der Waals surface area contributed by atoms with Crippen molar-refractivity contribution in [3.63, 3.8) is 0 Å². The molecule has 6 nitrogen and oxygen atoms in total. The van der Waals surface area contributed by atoms with Crippen molar-refractivity contribution >= 4 is 0 Å². The molecule has 6 heteroatoms. The third-order valence-corrected chi connectivity index (χ3v) is 3.39. The van der Waals surface area contributed by atoms with E-state index in [1.165, 1.54) is 10.4 Å². The zero-order valence-corrected chi connectivity index (χ0v) is 12.9. The molecule has 1 N–H and O–H groups in total. The van der Waals surface area contributed by atoms with Gasteiger partial charge in [-0.1, -0.05) is 19.1 Å². The van der Waals surface area contributed by atoms with Gasteiger partial charge in [-0.05, 0) is 48.3 Å². The lowest BCUT2D eigenvalue weighted by Gasteiger charge is -2.16. The standard InChI is InChI=1S/C15H23N5O/c1-4-16-11-13(10-15-17-19-20(2)18-15)9-12-5-7-14(21-3)8-6-12/h5-8,13,16H,4,9-11H2,1-3H3. The van der Waals surface area contributed by atoms with Crippen LogP contribution in [-0.4, -0.2) is 40.4 Å². The van der Waals surface area contributed by atoms with Crippen LogP contribution < -0.4 is 10.1 Å². The maximum absolute atomic E-state index is 5.19. The van der Waals surface area contributed by atoms with Crippen molar-refractivity contribution in [2.75, 3.05) is 20.2 Å². The lowest BCUT2D eigenvalue weighted by atomic mass is 9.95. The molecule has 0 amide bonds. The highest BCUT2D eigenvalue weighted by Crippen LogP contribution is 2.16. The first-order chi connectivity index (χ1) is 10.2. The first-order valence-corrected chi connectivity index (χ1v) is 7.27. The van der Waals surface area contributed by atoms with Crippen LogP contribution in [0.3, 0.4) is 0 Å². The van der Waals surface area contributed by atoms with Gasteiger partial charge in [-0.15, -0.1) is 10.2 Å². The summed E-state index contributed by atoms with van der Waals surface area (Å²) in [6.07, 6.45) is 1.81. The van der Waals surface area contributed by atoms with Crippen LogP contribution in [0.5, 0.6) is 5.75 Å². The van der Waals surface area contributed by atoms with Crippen molar-refractivity contribution in [3.05, 3.63) is 35.7 Å². The van der Waals surface area contributed by atoms with Gasteiger partial charge in [-0.2, -0.15) is 4.80 Å². The molecule has 0 aliphatic rings. The van der Waals surface area contributed by atoms with Crippen LogP contribution in [0.2, 0.25) is 0 Å². The molecule has 0 saturated carbocycles. The van der Waals surface area contributed by atoms with Gasteiger partial charge in [0, 0.05) is 6.42 Å². The van der Waals surface area contributed by atoms with E-state index in [1.54, 1.807) is 14.2 Å². The maximum atomic E-state index is 5.19. The number of tetrazole rings is 1. The Balaban J connectivity index is 2.00. The second-order valence-electron chi connectivity index (χ2n) is 5.13. The molecule has 0 radical (unpaired) electrons. The predicted molar refractivity (Wildman–Crippen MR) is 81.2 cm³/mol. The maximum Gasteiger partial charge on any atom is 0.175 e. The van der Waals surface area contributed by atoms with Crippen LogP contribution in [0.1, 0.15) is 18.3 Å². The van der Waals surface area contributed by atoms with Crippen LogP contribution >= 0.6 is 0 Å². The van der Waals surface area contributed by atoms with E-state index >= 15 is 0 Å². The molecule has 0 spiro atoms. The van der Waals surface area contributed by atoms with E-state index in [0.717, 1.165) is 37.5 Å². The fraction of sp³-hybridized carbons (Fsp3) is 0.533. The lowest BCUT2D eigenvalue weighted by molar-refractivity contribution is 0.414. The highest BCUT2D eigenvalue weighted by atomic mass is 16.5. The molecule has 1 unspecified atom stereocenters. The zero-order valence-electron chi connectivity index (χ0n) is 12.9. The van der Waals surface area contributed by atoms with Gasteiger partial charge < -0.3 is 10.1 Å². The van der Waals surface area contributed by atoms with E-state index in [-0.39, 0.29) is 0 Å². The molecule has 2 rings (SSSR count). The monoisotopic (exact) mass is 289 g/mol. The number of hydrogen-bond donors (Lipinski definition) is 1. The molecule has 1 heterocycles. The number of rotatable bonds is 8. The molecule has 21 heavy (non-hydrogen) atoms. The van der Waals surface area contributed by atoms with Gasteiger partial charge >= 0.3 is 0 Å². The third kappa shape index (κ3) is 4.82. The largest absolute Gasteiger partial charge is 0.497 e. The van der Waals surface area contributed by atoms with Crippen molar-refractivity contribution < 1.29 is 4.74 Å². The number of aryl methyl sites for hydroxylation is 1. The van der Waals surface area contributed by atoms with Gasteiger partial charge in [0.05, 0.1) is 14.2 Å². The minimum atomic E-state index is 0.447. The second-order valence-corrected chi connectivity index (χ2v) is 5.13. The van der Waals surface area contributed by atoms with Crippen LogP contribution in [-0.2, 0) is 19.9 Å². The van der Waals surface area contributed by atoms with E-state index in [9.17, 15) is 0 Å². The Bertz CT molecular complexity index is 537. The molecular weight excluding hydrogens is 266 g/mol. The normalized spacial score (nSPS) is 12.3. The van der Waals surface area contributed by atoms with Crippen molar-refractivity contribution in [1.82, 2.24) is 25.5 Å². The first kappa shape index (κ1) is 15.4. The Hall–Kier alpha value is -1.95. The van der Waals surface area contributed by atoms with Crippen LogP contribution in [0.4, 0.5) is 0 Å². The van der Waals surface area contributed by atoms with E-state index < -0.39 is 0 Å². The summed E-state index contributed by atoms with van der Waals surface area (Å²) >= 11 is 0. The average molecular weight is 289 g/mol. The summed E-state index contributed by atoms with van der Waals surface area (Å²) in [6.45, 7) is 4.03. The third-order valence-electron chi connectivity index (χ3n) is 3.39. The summed E-state index contributed by atoms with van der Waals surface area (Å²) < 4.78 is 5.19. The molecule has 0 bridgehead atoms. The second kappa shape index (κ2) is 7.73. The van der Waals surface area contributed by atoms with E-state index in [0.29, 0.717) is 5.92 Å². The Kier molecular flexibility index (Phi) is 5.68. The lowest BCUT2D eigenvalue weighted by Crippen LogP contribution is -2.26. The molecule has 0 aliphatic carbocycles. The molecule has 1 aromatic carbocycles. The summed E-state index contributed by atoms with van der Waals surface area (Å²) in [4.78, 5) is 1.51. The molecule has 0 saturated heterocycles. The van der Waals surface area contributed by atoms with Gasteiger partial charge in [-0.25, -0.2) is 0 Å². The summed E-state index contributed by atoms with van der Waals surface area (Å²) in [5.41, 5.74) is 1.29. The van der Waals surface area contributed by atoms with Crippen molar-refractivity contribution in [2.45, 2.75) is 19.8 Å². The van der Waals surface area contributed by atoms with Gasteiger partial charge in [0.1, 0.15) is 5.75 Å². The summed E-state index contributed by atoms with van der Waals surface area (Å²) in [7, 11) is 3.47. The molecule has 1 atom stereocenters. The SMILES string of the molecule is CCNCC(Cc1ccc(OC)cc1)Cc1nnn(C)n1. The molecule has 114 valence electrons. The topological polar surface area (TPSA) is 64.9 Å². The fourth-order valence-electron chi connectivity index (χ4n) is 2.32. The minimum absolute atomic E-state index is 0.447. The number of aromatic nitrogens is 4. The van der Waals surface area contributed by atoms with E-state index in [1.807, 2.05) is 12.1 Å². The molecule has 0 aliphatic heterocycles. The van der Waals surface area contributed by atoms with Crippen molar-refractivity contribution in [1.29, 1.82) is 0 Å². The number of nitrogens with one attached hydrogen (secondary N) is 1. The molecule has 2 aromatic rings. The predicted octanol–water partition coefficient (Wildman–Crippen LogP) is 1.23. The van der Waals surface area contributed by atoms with E-state index in [2.05, 4.69) is 39.8 Å². The average Bonchev–Trinajstić information content (AvgIpc) is 2.90. The number of ether oxygens (including phenoxy) is 1.